The summed E-state index contributed by atoms with van der Waals surface area (Å²) in [6.07, 6.45) is 1.32. The largest absolute Gasteiger partial charge is 0.384 e. The molecule has 0 fully saturated rings. The molecule has 1 rings (SSSR count). The first-order valence-electron chi connectivity index (χ1n) is 3.94. The van der Waals surface area contributed by atoms with E-state index in [1.165, 1.54) is 13.4 Å². The second-order valence-corrected chi connectivity index (χ2v) is 4.49. The van der Waals surface area contributed by atoms with Gasteiger partial charge in [0.1, 0.15) is 12.2 Å². The molecular weight excluding hydrogens is 208 g/mol. The standard InChI is InChI=1S/C6H12N4O3S/c1-13-2-3-14(11,12)9-4-6-7-5-8-10-6/h5,9H,2-4H2,1H3,(H,7,8,10). The number of nitrogens with zero attached hydrogens (tertiary/aromatic N) is 2. The summed E-state index contributed by atoms with van der Waals surface area (Å²) < 4.78 is 29.5. The van der Waals surface area contributed by atoms with Crippen molar-refractivity contribution in [1.29, 1.82) is 0 Å². The summed E-state index contributed by atoms with van der Waals surface area (Å²) in [6, 6.07) is 0. The molecular formula is C6H12N4O3S. The van der Waals surface area contributed by atoms with Crippen molar-refractivity contribution < 1.29 is 13.2 Å². The molecule has 1 aromatic heterocycles. The quantitative estimate of drug-likeness (QED) is 0.632. The summed E-state index contributed by atoms with van der Waals surface area (Å²) in [4.78, 5) is 3.77. The van der Waals surface area contributed by atoms with Crippen molar-refractivity contribution in [3.05, 3.63) is 12.2 Å². The van der Waals surface area contributed by atoms with E-state index in [9.17, 15) is 8.42 Å². The molecule has 0 aliphatic carbocycles. The molecule has 0 saturated carbocycles. The average Bonchev–Trinajstić information content (AvgIpc) is 2.64. The van der Waals surface area contributed by atoms with Crippen LogP contribution in [0.2, 0.25) is 0 Å². The molecule has 0 radical (unpaired) electrons. The van der Waals surface area contributed by atoms with Gasteiger partial charge in [0.2, 0.25) is 10.0 Å². The maximum absolute atomic E-state index is 11.2. The molecule has 0 unspecified atom stereocenters. The van der Waals surface area contributed by atoms with E-state index in [-0.39, 0.29) is 18.9 Å². The van der Waals surface area contributed by atoms with Crippen LogP contribution in [0.1, 0.15) is 5.82 Å². The number of rotatable bonds is 6. The molecule has 14 heavy (non-hydrogen) atoms. The van der Waals surface area contributed by atoms with E-state index < -0.39 is 10.0 Å². The Morgan fingerprint density at radius 3 is 3.00 bits per heavy atom. The van der Waals surface area contributed by atoms with Gasteiger partial charge in [-0.25, -0.2) is 18.1 Å². The summed E-state index contributed by atoms with van der Waals surface area (Å²) in [7, 11) is -1.83. The third kappa shape index (κ3) is 3.81. The lowest BCUT2D eigenvalue weighted by atomic mass is 10.6. The van der Waals surface area contributed by atoms with Crippen molar-refractivity contribution in [1.82, 2.24) is 19.9 Å². The van der Waals surface area contributed by atoms with E-state index >= 15 is 0 Å². The zero-order valence-corrected chi connectivity index (χ0v) is 8.54. The molecule has 0 spiro atoms. The van der Waals surface area contributed by atoms with Crippen LogP contribution < -0.4 is 4.72 Å². The van der Waals surface area contributed by atoms with E-state index in [1.807, 2.05) is 0 Å². The lowest BCUT2D eigenvalue weighted by Gasteiger charge is -2.03. The molecule has 80 valence electrons. The summed E-state index contributed by atoms with van der Waals surface area (Å²) in [5, 5.41) is 6.14. The zero-order chi connectivity index (χ0) is 10.4. The molecule has 7 nitrogen and oxygen atoms in total. The highest BCUT2D eigenvalue weighted by molar-refractivity contribution is 7.89. The highest BCUT2D eigenvalue weighted by atomic mass is 32.2. The average molecular weight is 220 g/mol. The van der Waals surface area contributed by atoms with Gasteiger partial charge in [-0.1, -0.05) is 0 Å². The van der Waals surface area contributed by atoms with Gasteiger partial charge < -0.3 is 4.74 Å². The molecule has 0 aliphatic heterocycles. The number of ether oxygens (including phenoxy) is 1. The lowest BCUT2D eigenvalue weighted by molar-refractivity contribution is 0.217. The van der Waals surface area contributed by atoms with Crippen molar-refractivity contribution in [2.75, 3.05) is 19.5 Å². The van der Waals surface area contributed by atoms with Crippen LogP contribution in [0.4, 0.5) is 0 Å². The van der Waals surface area contributed by atoms with Gasteiger partial charge in [0.15, 0.2) is 0 Å². The topological polar surface area (TPSA) is 97.0 Å². The monoisotopic (exact) mass is 220 g/mol. The number of H-pyrrole nitrogens is 1. The van der Waals surface area contributed by atoms with E-state index in [4.69, 9.17) is 0 Å². The van der Waals surface area contributed by atoms with Gasteiger partial charge in [-0.05, 0) is 0 Å². The first-order chi connectivity index (χ1) is 6.64. The van der Waals surface area contributed by atoms with E-state index in [0.717, 1.165) is 0 Å². The van der Waals surface area contributed by atoms with Crippen LogP contribution in [0.15, 0.2) is 6.33 Å². The highest BCUT2D eigenvalue weighted by Gasteiger charge is 2.09. The van der Waals surface area contributed by atoms with Crippen LogP contribution >= 0.6 is 0 Å². The number of hydrogen-bond acceptors (Lipinski definition) is 5. The minimum Gasteiger partial charge on any atom is -0.384 e. The Morgan fingerprint density at radius 1 is 1.64 bits per heavy atom. The minimum atomic E-state index is -3.28. The van der Waals surface area contributed by atoms with Gasteiger partial charge in [0.05, 0.1) is 18.9 Å². The second kappa shape index (κ2) is 5.03. The van der Waals surface area contributed by atoms with Gasteiger partial charge in [0, 0.05) is 7.11 Å². The molecule has 0 aliphatic rings. The van der Waals surface area contributed by atoms with Crippen LogP contribution in [0.3, 0.4) is 0 Å². The zero-order valence-electron chi connectivity index (χ0n) is 7.73. The number of methoxy groups -OCH3 is 1. The first kappa shape index (κ1) is 11.1. The van der Waals surface area contributed by atoms with Crippen molar-refractivity contribution in [2.45, 2.75) is 6.54 Å². The fraction of sp³-hybridized carbons (Fsp3) is 0.667. The summed E-state index contributed by atoms with van der Waals surface area (Å²) in [5.74, 6) is 0.420. The maximum Gasteiger partial charge on any atom is 0.214 e. The smallest absolute Gasteiger partial charge is 0.214 e. The number of aromatic amines is 1. The Bertz CT molecular complexity index is 347. The number of nitrogens with one attached hydrogen (secondary N) is 2. The molecule has 2 N–H and O–H groups in total. The van der Waals surface area contributed by atoms with Crippen molar-refractivity contribution in [3.63, 3.8) is 0 Å². The molecule has 1 heterocycles. The second-order valence-electron chi connectivity index (χ2n) is 2.56. The maximum atomic E-state index is 11.2. The summed E-state index contributed by atoms with van der Waals surface area (Å²) in [6.45, 7) is 0.289. The van der Waals surface area contributed by atoms with Crippen LogP contribution in [0.5, 0.6) is 0 Å². The summed E-state index contributed by atoms with van der Waals surface area (Å²) >= 11 is 0. The Hall–Kier alpha value is -0.990. The van der Waals surface area contributed by atoms with Crippen LogP contribution in [-0.4, -0.2) is 43.1 Å². The van der Waals surface area contributed by atoms with E-state index in [1.54, 1.807) is 0 Å². The van der Waals surface area contributed by atoms with Crippen molar-refractivity contribution >= 4 is 10.0 Å². The number of aromatic nitrogens is 3. The van der Waals surface area contributed by atoms with Crippen molar-refractivity contribution in [2.24, 2.45) is 0 Å². The molecule has 0 amide bonds. The molecule has 8 heteroatoms. The molecule has 1 aromatic rings. The number of hydrogen-bond donors (Lipinski definition) is 2. The molecule has 0 atom stereocenters. The third-order valence-corrected chi connectivity index (χ3v) is 2.77. The fourth-order valence-corrected chi connectivity index (χ4v) is 1.65. The Labute approximate surface area is 81.9 Å². The Kier molecular flexibility index (Phi) is 3.98. The molecule has 0 saturated heterocycles. The van der Waals surface area contributed by atoms with Crippen molar-refractivity contribution in [3.8, 4) is 0 Å². The van der Waals surface area contributed by atoms with Gasteiger partial charge in [0.25, 0.3) is 0 Å². The lowest BCUT2D eigenvalue weighted by Crippen LogP contribution is -2.28. The molecule has 0 bridgehead atoms. The predicted molar refractivity (Wildman–Crippen MR) is 48.9 cm³/mol. The van der Waals surface area contributed by atoms with Crippen LogP contribution in [0.25, 0.3) is 0 Å². The predicted octanol–water partition coefficient (Wildman–Crippen LogP) is -1.13. The Morgan fingerprint density at radius 2 is 2.43 bits per heavy atom. The minimum absolute atomic E-state index is 0.0579. The normalized spacial score (nSPS) is 11.8. The Balaban J connectivity index is 2.37. The highest BCUT2D eigenvalue weighted by Crippen LogP contribution is 1.89. The fourth-order valence-electron chi connectivity index (χ4n) is 0.760. The summed E-state index contributed by atoms with van der Waals surface area (Å²) in [5.41, 5.74) is 0. The molecule has 0 aromatic carbocycles. The van der Waals surface area contributed by atoms with Gasteiger partial charge in [-0.2, -0.15) is 5.10 Å². The van der Waals surface area contributed by atoms with Crippen LogP contribution in [-0.2, 0) is 21.3 Å². The number of sulfonamides is 1. The van der Waals surface area contributed by atoms with Crippen LogP contribution in [0, 0.1) is 0 Å². The van der Waals surface area contributed by atoms with E-state index in [0.29, 0.717) is 5.82 Å². The van der Waals surface area contributed by atoms with Gasteiger partial charge in [-0.15, -0.1) is 0 Å². The third-order valence-electron chi connectivity index (χ3n) is 1.48. The van der Waals surface area contributed by atoms with Gasteiger partial charge >= 0.3 is 0 Å². The van der Waals surface area contributed by atoms with Gasteiger partial charge in [-0.3, -0.25) is 5.10 Å². The van der Waals surface area contributed by atoms with E-state index in [2.05, 4.69) is 24.6 Å². The SMILES string of the molecule is COCCS(=O)(=O)NCc1ncn[nH]1. The first-order valence-corrected chi connectivity index (χ1v) is 5.60.